The average molecular weight is 267 g/mol. The first-order valence-corrected chi connectivity index (χ1v) is 6.74. The van der Waals surface area contributed by atoms with Gasteiger partial charge >= 0.3 is 0 Å². The lowest BCUT2D eigenvalue weighted by molar-refractivity contribution is 0.104. The summed E-state index contributed by atoms with van der Waals surface area (Å²) in [7, 11) is 1.70. The molecular weight excluding hydrogens is 242 g/mol. The summed E-state index contributed by atoms with van der Waals surface area (Å²) in [5.41, 5.74) is 1.22. The molecule has 0 saturated carbocycles. The molecule has 0 radical (unpaired) electrons. The predicted molar refractivity (Wildman–Crippen MR) is 76.7 cm³/mol. The van der Waals surface area contributed by atoms with E-state index in [0.717, 1.165) is 18.8 Å². The van der Waals surface area contributed by atoms with Gasteiger partial charge in [0.2, 0.25) is 0 Å². The fourth-order valence-corrected chi connectivity index (χ4v) is 1.60. The molecule has 1 aromatic carbocycles. The molecule has 0 aliphatic heterocycles. The monoisotopic (exact) mass is 267 g/mol. The molecule has 108 valence electrons. The zero-order valence-electron chi connectivity index (χ0n) is 12.1. The Hall–Kier alpha value is -1.10. The Kier molecular flexibility index (Phi) is 7.48. The van der Waals surface area contributed by atoms with E-state index in [2.05, 4.69) is 5.32 Å². The molecular formula is C15H25NO3. The molecule has 1 atom stereocenters. The van der Waals surface area contributed by atoms with Gasteiger partial charge in [-0.2, -0.15) is 0 Å². The smallest absolute Gasteiger partial charge is 0.119 e. The van der Waals surface area contributed by atoms with Gasteiger partial charge in [-0.15, -0.1) is 0 Å². The van der Waals surface area contributed by atoms with Crippen molar-refractivity contribution in [3.63, 3.8) is 0 Å². The first-order valence-electron chi connectivity index (χ1n) is 6.74. The molecule has 0 saturated heterocycles. The van der Waals surface area contributed by atoms with Crippen LogP contribution in [0.4, 0.5) is 0 Å². The minimum atomic E-state index is -0.490. The van der Waals surface area contributed by atoms with Gasteiger partial charge in [-0.25, -0.2) is 0 Å². The van der Waals surface area contributed by atoms with Crippen LogP contribution < -0.4 is 10.1 Å². The van der Waals surface area contributed by atoms with Gasteiger partial charge in [0.1, 0.15) is 18.5 Å². The van der Waals surface area contributed by atoms with E-state index in [1.807, 2.05) is 38.1 Å². The van der Waals surface area contributed by atoms with Gasteiger partial charge in [0.15, 0.2) is 0 Å². The average Bonchev–Trinajstić information content (AvgIpc) is 2.41. The molecule has 4 nitrogen and oxygen atoms in total. The molecule has 0 aliphatic carbocycles. The van der Waals surface area contributed by atoms with E-state index in [4.69, 9.17) is 9.47 Å². The Morgan fingerprint density at radius 1 is 1.21 bits per heavy atom. The van der Waals surface area contributed by atoms with Gasteiger partial charge in [-0.05, 0) is 24.1 Å². The third-order valence-electron chi connectivity index (χ3n) is 2.72. The zero-order chi connectivity index (χ0) is 14.1. The first-order chi connectivity index (χ1) is 9.11. The molecule has 0 spiro atoms. The minimum Gasteiger partial charge on any atom is -0.491 e. The van der Waals surface area contributed by atoms with Crippen molar-refractivity contribution in [1.29, 1.82) is 0 Å². The van der Waals surface area contributed by atoms with E-state index in [1.54, 1.807) is 7.11 Å². The molecule has 1 aromatic rings. The van der Waals surface area contributed by atoms with Crippen LogP contribution in [0.5, 0.6) is 5.75 Å². The Bertz CT molecular complexity index is 338. The van der Waals surface area contributed by atoms with Crippen LogP contribution in [0.25, 0.3) is 0 Å². The van der Waals surface area contributed by atoms with Crippen LogP contribution in [0.2, 0.25) is 0 Å². The van der Waals surface area contributed by atoms with Gasteiger partial charge in [-0.3, -0.25) is 0 Å². The summed E-state index contributed by atoms with van der Waals surface area (Å²) in [4.78, 5) is 0. The summed E-state index contributed by atoms with van der Waals surface area (Å²) in [5, 5.41) is 12.9. The van der Waals surface area contributed by atoms with Crippen molar-refractivity contribution < 1.29 is 14.6 Å². The van der Waals surface area contributed by atoms with Crippen LogP contribution in [0.15, 0.2) is 24.3 Å². The molecule has 2 N–H and O–H groups in total. The van der Waals surface area contributed by atoms with E-state index < -0.39 is 6.10 Å². The molecule has 0 aromatic heterocycles. The standard InChI is InChI=1S/C15H25NO3/c1-12(2)16-10-14(17)11-19-15-6-4-13(5-7-15)8-9-18-3/h4-7,12,14,16-17H,8-11H2,1-3H3/t14-/m0/s1. The number of benzene rings is 1. The Morgan fingerprint density at radius 2 is 1.89 bits per heavy atom. The molecule has 0 unspecified atom stereocenters. The van der Waals surface area contributed by atoms with E-state index in [-0.39, 0.29) is 0 Å². The number of nitrogens with one attached hydrogen (secondary N) is 1. The molecule has 19 heavy (non-hydrogen) atoms. The molecule has 0 aliphatic rings. The lowest BCUT2D eigenvalue weighted by Crippen LogP contribution is -2.35. The molecule has 0 amide bonds. The van der Waals surface area contributed by atoms with Crippen LogP contribution >= 0.6 is 0 Å². The molecule has 0 bridgehead atoms. The minimum absolute atomic E-state index is 0.303. The summed E-state index contributed by atoms with van der Waals surface area (Å²) >= 11 is 0. The van der Waals surface area contributed by atoms with Crippen molar-refractivity contribution in [3.05, 3.63) is 29.8 Å². The van der Waals surface area contributed by atoms with Crippen LogP contribution in [0.1, 0.15) is 19.4 Å². The van der Waals surface area contributed by atoms with Gasteiger partial charge in [0.05, 0.1) is 6.61 Å². The maximum atomic E-state index is 9.73. The van der Waals surface area contributed by atoms with Gasteiger partial charge in [0, 0.05) is 19.7 Å². The summed E-state index contributed by atoms with van der Waals surface area (Å²) in [6.45, 7) is 5.67. The third-order valence-corrected chi connectivity index (χ3v) is 2.72. The van der Waals surface area contributed by atoms with Gasteiger partial charge in [0.25, 0.3) is 0 Å². The quantitative estimate of drug-likeness (QED) is 0.714. The lowest BCUT2D eigenvalue weighted by atomic mass is 10.1. The maximum absolute atomic E-state index is 9.73. The van der Waals surface area contributed by atoms with Crippen molar-refractivity contribution >= 4 is 0 Å². The highest BCUT2D eigenvalue weighted by molar-refractivity contribution is 5.27. The Balaban J connectivity index is 2.29. The summed E-state index contributed by atoms with van der Waals surface area (Å²) in [5.74, 6) is 0.782. The van der Waals surface area contributed by atoms with Crippen molar-refractivity contribution in [3.8, 4) is 5.75 Å². The van der Waals surface area contributed by atoms with Crippen LogP contribution in [-0.4, -0.2) is 44.1 Å². The second-order valence-corrected chi connectivity index (χ2v) is 4.91. The lowest BCUT2D eigenvalue weighted by Gasteiger charge is -2.15. The highest BCUT2D eigenvalue weighted by Gasteiger charge is 2.05. The second-order valence-electron chi connectivity index (χ2n) is 4.91. The molecule has 0 heterocycles. The molecule has 0 fully saturated rings. The van der Waals surface area contributed by atoms with Crippen molar-refractivity contribution in [2.24, 2.45) is 0 Å². The summed E-state index contributed by atoms with van der Waals surface area (Å²) < 4.78 is 10.6. The fourth-order valence-electron chi connectivity index (χ4n) is 1.60. The van der Waals surface area contributed by atoms with Crippen molar-refractivity contribution in [2.75, 3.05) is 26.9 Å². The number of methoxy groups -OCH3 is 1. The number of rotatable bonds is 9. The normalized spacial score (nSPS) is 12.7. The van der Waals surface area contributed by atoms with E-state index >= 15 is 0 Å². The van der Waals surface area contributed by atoms with E-state index in [0.29, 0.717) is 19.2 Å². The Labute approximate surface area is 115 Å². The van der Waals surface area contributed by atoms with Gasteiger partial charge < -0.3 is 19.9 Å². The highest BCUT2D eigenvalue weighted by Crippen LogP contribution is 2.12. The zero-order valence-corrected chi connectivity index (χ0v) is 12.1. The number of aliphatic hydroxyl groups excluding tert-OH is 1. The largest absolute Gasteiger partial charge is 0.491 e. The SMILES string of the molecule is COCCc1ccc(OC[C@@H](O)CNC(C)C)cc1. The maximum Gasteiger partial charge on any atom is 0.119 e. The topological polar surface area (TPSA) is 50.7 Å². The number of aliphatic hydroxyl groups is 1. The van der Waals surface area contributed by atoms with Crippen LogP contribution in [0.3, 0.4) is 0 Å². The first kappa shape index (κ1) is 16.0. The number of ether oxygens (including phenoxy) is 2. The van der Waals surface area contributed by atoms with Crippen LogP contribution in [0, 0.1) is 0 Å². The third kappa shape index (κ3) is 7.15. The number of hydrogen-bond donors (Lipinski definition) is 2. The second kappa shape index (κ2) is 8.91. The highest BCUT2D eigenvalue weighted by atomic mass is 16.5. The fraction of sp³-hybridized carbons (Fsp3) is 0.600. The van der Waals surface area contributed by atoms with Crippen molar-refractivity contribution in [2.45, 2.75) is 32.4 Å². The molecule has 1 rings (SSSR count). The summed E-state index contributed by atoms with van der Waals surface area (Å²) in [6.07, 6.45) is 0.410. The van der Waals surface area contributed by atoms with E-state index in [1.165, 1.54) is 5.56 Å². The van der Waals surface area contributed by atoms with Crippen molar-refractivity contribution in [1.82, 2.24) is 5.32 Å². The van der Waals surface area contributed by atoms with Crippen LogP contribution in [-0.2, 0) is 11.2 Å². The van der Waals surface area contributed by atoms with E-state index in [9.17, 15) is 5.11 Å². The number of hydrogen-bond acceptors (Lipinski definition) is 4. The van der Waals surface area contributed by atoms with Gasteiger partial charge in [-0.1, -0.05) is 26.0 Å². The predicted octanol–water partition coefficient (Wildman–Crippen LogP) is 1.61. The Morgan fingerprint density at radius 3 is 2.47 bits per heavy atom. The molecule has 4 heteroatoms. The summed E-state index contributed by atoms with van der Waals surface area (Å²) in [6, 6.07) is 8.26.